The maximum Gasteiger partial charge on any atom is 0.319 e. The number of carbonyl (C=O) groups is 1. The van der Waals surface area contributed by atoms with Gasteiger partial charge in [0.25, 0.3) is 0 Å². The highest BCUT2D eigenvalue weighted by Crippen LogP contribution is 2.44. The lowest BCUT2D eigenvalue weighted by Gasteiger charge is -2.13. The molecule has 3 N–H and O–H groups in total. The molecule has 0 radical (unpaired) electrons. The number of nitrogens with one attached hydrogen (secondary N) is 1. The number of aryl methyl sites for hydroxylation is 1. The van der Waals surface area contributed by atoms with Crippen molar-refractivity contribution in [2.24, 2.45) is 5.73 Å². The lowest BCUT2D eigenvalue weighted by molar-refractivity contribution is -0.116. The van der Waals surface area contributed by atoms with Crippen LogP contribution in [0.25, 0.3) is 32.9 Å². The van der Waals surface area contributed by atoms with Crippen molar-refractivity contribution in [2.45, 2.75) is 18.2 Å². The number of amides is 1. The van der Waals surface area contributed by atoms with Crippen LogP contribution in [0.5, 0.6) is 6.01 Å². The van der Waals surface area contributed by atoms with Gasteiger partial charge in [0.15, 0.2) is 11.6 Å². The number of fused-ring (bicyclic) bond motifs is 2. The third-order valence-corrected chi connectivity index (χ3v) is 8.49. The molecule has 11 nitrogen and oxygen atoms in total. The maximum absolute atomic E-state index is 16.5. The Bertz CT molecular complexity index is 2390. The smallest absolute Gasteiger partial charge is 0.319 e. The number of aromatic nitrogens is 6. The van der Waals surface area contributed by atoms with Crippen LogP contribution >= 0.6 is 11.9 Å². The van der Waals surface area contributed by atoms with Crippen molar-refractivity contribution in [3.63, 3.8) is 0 Å². The van der Waals surface area contributed by atoms with Crippen LogP contribution < -0.4 is 20.7 Å². The number of carbonyl (C=O) groups excluding carboxylic acids is 1. The van der Waals surface area contributed by atoms with Gasteiger partial charge in [-0.3, -0.25) is 14.7 Å². The minimum absolute atomic E-state index is 0.00475. The highest BCUT2D eigenvalue weighted by Gasteiger charge is 2.37. The quantitative estimate of drug-likeness (QED) is 0.137. The predicted octanol–water partition coefficient (Wildman–Crippen LogP) is 6.10. The average Bonchev–Trinajstić information content (AvgIpc) is 3.57. The van der Waals surface area contributed by atoms with E-state index in [2.05, 4.69) is 42.9 Å². The first-order chi connectivity index (χ1) is 23.7. The number of hydrogen-bond acceptors (Lipinski definition) is 10. The third kappa shape index (κ3) is 5.99. The van der Waals surface area contributed by atoms with E-state index in [4.69, 9.17) is 16.9 Å². The molecule has 4 heterocycles. The Morgan fingerprint density at radius 1 is 1.14 bits per heavy atom. The number of nitrogens with two attached hydrogens (primary N) is 1. The Kier molecular flexibility index (Phi) is 8.11. The second-order valence-electron chi connectivity index (χ2n) is 10.8. The summed E-state index contributed by atoms with van der Waals surface area (Å²) in [4.78, 5) is 32.6. The molecule has 242 valence electrons. The molecule has 0 spiro atoms. The van der Waals surface area contributed by atoms with E-state index in [0.29, 0.717) is 39.2 Å². The summed E-state index contributed by atoms with van der Waals surface area (Å²) in [6, 6.07) is 15.0. The minimum Gasteiger partial charge on any atom is -0.463 e. The van der Waals surface area contributed by atoms with Crippen molar-refractivity contribution in [3.8, 4) is 29.6 Å². The third-order valence-electron chi connectivity index (χ3n) is 7.65. The largest absolute Gasteiger partial charge is 0.463 e. The van der Waals surface area contributed by atoms with Crippen LogP contribution in [0.4, 0.5) is 20.3 Å². The number of ether oxygens (including phenoxy) is 1. The normalized spacial score (nSPS) is 13.2. The van der Waals surface area contributed by atoms with Crippen molar-refractivity contribution in [2.75, 3.05) is 16.8 Å². The van der Waals surface area contributed by atoms with E-state index in [1.165, 1.54) is 30.4 Å². The van der Waals surface area contributed by atoms with Crippen LogP contribution in [0.2, 0.25) is 0 Å². The molecule has 1 aliphatic heterocycles. The van der Waals surface area contributed by atoms with Gasteiger partial charge >= 0.3 is 6.01 Å². The van der Waals surface area contributed by atoms with E-state index in [-0.39, 0.29) is 52.9 Å². The Balaban J connectivity index is 1.14. The van der Waals surface area contributed by atoms with E-state index in [1.54, 1.807) is 58.6 Å². The number of pyridine rings is 1. The first-order valence-corrected chi connectivity index (χ1v) is 15.6. The van der Waals surface area contributed by atoms with E-state index in [9.17, 15) is 9.18 Å². The fraction of sp³-hybridized carbons (Fsp3) is 0.0857. The number of halogens is 2. The zero-order valence-corrected chi connectivity index (χ0v) is 26.6. The molecule has 49 heavy (non-hydrogen) atoms. The summed E-state index contributed by atoms with van der Waals surface area (Å²) in [7, 11) is 0. The number of rotatable bonds is 9. The van der Waals surface area contributed by atoms with Crippen LogP contribution in [0.1, 0.15) is 17.8 Å². The molecule has 0 unspecified atom stereocenters. The van der Waals surface area contributed by atoms with Crippen LogP contribution in [0.15, 0.2) is 96.2 Å². The summed E-state index contributed by atoms with van der Waals surface area (Å²) < 4.78 is 38.6. The average molecular weight is 674 g/mol. The van der Waals surface area contributed by atoms with Crippen LogP contribution in [-0.4, -0.2) is 41.6 Å². The number of anilines is 2. The molecule has 3 aromatic carbocycles. The molecule has 1 fully saturated rings. The summed E-state index contributed by atoms with van der Waals surface area (Å²) >= 11 is 1.38. The lowest BCUT2D eigenvalue weighted by Crippen LogP contribution is -2.16. The van der Waals surface area contributed by atoms with Crippen molar-refractivity contribution in [3.05, 3.63) is 114 Å². The number of nitrogens with zero attached hydrogens (tertiary/aromatic N) is 7. The fourth-order valence-electron chi connectivity index (χ4n) is 5.30. The van der Waals surface area contributed by atoms with E-state index >= 15 is 4.39 Å². The molecule has 1 aliphatic rings. The molecule has 0 saturated carbocycles. The Labute approximate surface area is 282 Å². The van der Waals surface area contributed by atoms with E-state index in [0.717, 1.165) is 4.90 Å². The molecule has 0 bridgehead atoms. The molecule has 14 heteroatoms. The number of benzene rings is 3. The summed E-state index contributed by atoms with van der Waals surface area (Å²) in [5, 5.41) is 8.29. The van der Waals surface area contributed by atoms with Gasteiger partial charge in [-0.05, 0) is 42.6 Å². The standard InChI is InChI=1S/C35H25F2N9O2S/c1-4-24-27(36)13-8-21-6-5-7-25(30(21)24)32-31(37)33-26(17-39-32)34(46-19(2)28(46)16-38)43-35(42-33)48-15-14-29(47)41-22-9-11-23(12-10-22)49-45-18-40-20(3)44-45/h1,5-13,16-18H,2,14-15,38H2,3H3,(H,41,47)/b28-16-. The molecule has 6 aromatic rings. The highest BCUT2D eigenvalue weighted by molar-refractivity contribution is 7.97. The van der Waals surface area contributed by atoms with Gasteiger partial charge in [0, 0.05) is 45.9 Å². The molecule has 0 atom stereocenters. The topological polar surface area (TPSA) is 137 Å². The molecule has 0 aliphatic carbocycles. The SMILES string of the molecule is C#Cc1c(F)ccc2cccc(-c3ncc4c(N5C(=C)/C5=C/N)nc(OCCC(=O)Nc5ccc(Sn6cnc(C)n6)cc5)nc4c3F)c12. The Hall–Kier alpha value is -6.33. The van der Waals surface area contributed by atoms with Gasteiger partial charge < -0.3 is 15.8 Å². The van der Waals surface area contributed by atoms with Gasteiger partial charge in [-0.2, -0.15) is 14.1 Å². The highest BCUT2D eigenvalue weighted by atomic mass is 32.2. The monoisotopic (exact) mass is 673 g/mol. The van der Waals surface area contributed by atoms with Gasteiger partial charge in [0.2, 0.25) is 5.91 Å². The van der Waals surface area contributed by atoms with Crippen molar-refractivity contribution in [1.82, 2.24) is 29.1 Å². The Morgan fingerprint density at radius 2 is 1.96 bits per heavy atom. The molecule has 1 amide bonds. The van der Waals surface area contributed by atoms with Gasteiger partial charge in [-0.25, -0.2) is 13.8 Å². The second kappa shape index (κ2) is 12.7. The van der Waals surface area contributed by atoms with Gasteiger partial charge in [-0.15, -0.1) is 11.5 Å². The molecule has 7 rings (SSSR count). The molecule has 1 saturated heterocycles. The fourth-order valence-corrected chi connectivity index (χ4v) is 6.03. The predicted molar refractivity (Wildman–Crippen MR) is 183 cm³/mol. The molecular weight excluding hydrogens is 649 g/mol. The van der Waals surface area contributed by atoms with E-state index < -0.39 is 11.6 Å². The van der Waals surface area contributed by atoms with Gasteiger partial charge in [0.05, 0.1) is 28.8 Å². The van der Waals surface area contributed by atoms with Crippen molar-refractivity contribution in [1.29, 1.82) is 0 Å². The minimum atomic E-state index is -0.796. The lowest BCUT2D eigenvalue weighted by atomic mass is 9.96. The second-order valence-corrected chi connectivity index (χ2v) is 11.8. The first kappa shape index (κ1) is 31.3. The summed E-state index contributed by atoms with van der Waals surface area (Å²) in [5.41, 5.74) is 7.57. The first-order valence-electron chi connectivity index (χ1n) is 14.8. The zero-order valence-electron chi connectivity index (χ0n) is 25.8. The molecular formula is C35H25F2N9O2S. The summed E-state index contributed by atoms with van der Waals surface area (Å²) in [5.74, 6) is 1.57. The number of hydrogen-bond donors (Lipinski definition) is 2. The van der Waals surface area contributed by atoms with Crippen LogP contribution in [0.3, 0.4) is 0 Å². The van der Waals surface area contributed by atoms with Gasteiger partial charge in [-0.1, -0.05) is 36.8 Å². The van der Waals surface area contributed by atoms with Gasteiger partial charge in [0.1, 0.15) is 35.8 Å². The Morgan fingerprint density at radius 3 is 2.67 bits per heavy atom. The summed E-state index contributed by atoms with van der Waals surface area (Å²) in [6.45, 7) is 5.66. The molecule has 3 aromatic heterocycles. The number of terminal acetylenes is 1. The summed E-state index contributed by atoms with van der Waals surface area (Å²) in [6.07, 6.45) is 10.0. The zero-order chi connectivity index (χ0) is 34.2. The van der Waals surface area contributed by atoms with Crippen molar-refractivity contribution < 1.29 is 18.3 Å². The van der Waals surface area contributed by atoms with E-state index in [1.807, 2.05) is 12.1 Å². The van der Waals surface area contributed by atoms with Crippen LogP contribution in [0, 0.1) is 30.9 Å². The van der Waals surface area contributed by atoms with Crippen LogP contribution in [-0.2, 0) is 4.79 Å². The van der Waals surface area contributed by atoms with Crippen molar-refractivity contribution >= 4 is 51.0 Å². The maximum atomic E-state index is 16.5.